The largest absolute Gasteiger partial charge is 0.355 e. The van der Waals surface area contributed by atoms with E-state index in [0.717, 1.165) is 41.5 Å². The standard InChI is InChI=1S/C28H23ClN4O2S/c1-2-3-4-17-5-12-21(13-6-17)33-26(31-27(34)23(16-30)28(33)36)19-9-14-24-22(15-19)25(35-32-24)18-7-10-20(29)11-8-18/h5-15,26,36H,2-4H2,1H3,(H,31,34). The fourth-order valence-electron chi connectivity index (χ4n) is 4.35. The number of anilines is 1. The minimum atomic E-state index is -0.582. The number of fused-ring (bicyclic) bond motifs is 1. The van der Waals surface area contributed by atoms with Crippen LogP contribution in [0.15, 0.2) is 81.9 Å². The molecule has 1 aliphatic heterocycles. The van der Waals surface area contributed by atoms with Gasteiger partial charge < -0.3 is 14.7 Å². The second-order valence-electron chi connectivity index (χ2n) is 8.62. The molecule has 180 valence electrons. The zero-order chi connectivity index (χ0) is 25.2. The van der Waals surface area contributed by atoms with Crippen LogP contribution in [-0.4, -0.2) is 11.1 Å². The Bertz CT molecular complexity index is 1500. The van der Waals surface area contributed by atoms with Crippen LogP contribution in [0.2, 0.25) is 5.02 Å². The lowest BCUT2D eigenvalue weighted by Crippen LogP contribution is -2.46. The van der Waals surface area contributed by atoms with Crippen molar-refractivity contribution >= 4 is 46.7 Å². The summed E-state index contributed by atoms with van der Waals surface area (Å²) >= 11 is 10.7. The molecule has 0 saturated heterocycles. The van der Waals surface area contributed by atoms with E-state index in [1.54, 1.807) is 12.1 Å². The number of rotatable bonds is 6. The van der Waals surface area contributed by atoms with Crippen LogP contribution in [0.1, 0.15) is 37.1 Å². The molecule has 6 nitrogen and oxygen atoms in total. The number of nitrogens with one attached hydrogen (secondary N) is 1. The van der Waals surface area contributed by atoms with E-state index in [2.05, 4.69) is 42.2 Å². The third kappa shape index (κ3) is 4.46. The van der Waals surface area contributed by atoms with Crippen LogP contribution in [-0.2, 0) is 11.2 Å². The Morgan fingerprint density at radius 1 is 1.14 bits per heavy atom. The molecule has 1 aromatic heterocycles. The molecule has 0 radical (unpaired) electrons. The lowest BCUT2D eigenvalue weighted by molar-refractivity contribution is -0.118. The molecule has 1 atom stereocenters. The lowest BCUT2D eigenvalue weighted by Gasteiger charge is -2.38. The van der Waals surface area contributed by atoms with E-state index in [1.165, 1.54) is 5.56 Å². The Labute approximate surface area is 219 Å². The van der Waals surface area contributed by atoms with Gasteiger partial charge >= 0.3 is 0 Å². The summed E-state index contributed by atoms with van der Waals surface area (Å²) < 4.78 is 5.66. The molecule has 8 heteroatoms. The molecule has 0 bridgehead atoms. The highest BCUT2D eigenvalue weighted by molar-refractivity contribution is 7.84. The Hall–Kier alpha value is -3.73. The summed E-state index contributed by atoms with van der Waals surface area (Å²) in [6, 6.07) is 23.2. The molecule has 2 heterocycles. The number of carbonyl (C=O) groups excluding carboxylic acids is 1. The van der Waals surface area contributed by atoms with Crippen LogP contribution in [0.4, 0.5) is 5.69 Å². The van der Waals surface area contributed by atoms with Gasteiger partial charge in [0, 0.05) is 16.3 Å². The summed E-state index contributed by atoms with van der Waals surface area (Å²) in [4.78, 5) is 14.7. The number of nitriles is 1. The fraction of sp³-hybridized carbons (Fsp3) is 0.179. The quantitative estimate of drug-likeness (QED) is 0.277. The first kappa shape index (κ1) is 24.0. The number of hydrogen-bond acceptors (Lipinski definition) is 6. The molecule has 0 spiro atoms. The van der Waals surface area contributed by atoms with E-state index < -0.39 is 12.1 Å². The van der Waals surface area contributed by atoms with E-state index >= 15 is 0 Å². The van der Waals surface area contributed by atoms with Crippen LogP contribution in [0, 0.1) is 11.3 Å². The number of thiol groups is 1. The number of aromatic nitrogens is 1. The highest BCUT2D eigenvalue weighted by atomic mass is 35.5. The smallest absolute Gasteiger partial charge is 0.266 e. The van der Waals surface area contributed by atoms with E-state index in [1.807, 2.05) is 53.4 Å². The zero-order valence-corrected chi connectivity index (χ0v) is 21.2. The highest BCUT2D eigenvalue weighted by Gasteiger charge is 2.34. The average Bonchev–Trinajstić information content (AvgIpc) is 3.31. The number of benzene rings is 3. The molecule has 1 aliphatic rings. The minimum absolute atomic E-state index is 0.0300. The number of carbonyl (C=O) groups is 1. The van der Waals surface area contributed by atoms with Gasteiger partial charge in [-0.05, 0) is 72.5 Å². The number of unbranched alkanes of at least 4 members (excludes halogenated alkanes) is 1. The van der Waals surface area contributed by atoms with E-state index in [-0.39, 0.29) is 5.57 Å². The van der Waals surface area contributed by atoms with Gasteiger partial charge in [-0.25, -0.2) is 0 Å². The SMILES string of the molecule is CCCCc1ccc(N2C(S)=C(C#N)C(=O)NC2c2ccc3noc(-c4ccc(Cl)cc4)c3c2)cc1. The van der Waals surface area contributed by atoms with E-state index in [9.17, 15) is 10.1 Å². The lowest BCUT2D eigenvalue weighted by atomic mass is 10.0. The third-order valence-electron chi connectivity index (χ3n) is 6.27. The summed E-state index contributed by atoms with van der Waals surface area (Å²) in [6.45, 7) is 2.17. The summed E-state index contributed by atoms with van der Waals surface area (Å²) in [5.41, 5.74) is 4.36. The van der Waals surface area contributed by atoms with Crippen molar-refractivity contribution in [3.05, 3.63) is 93.5 Å². The molecule has 0 saturated carbocycles. The van der Waals surface area contributed by atoms with Gasteiger partial charge in [-0.1, -0.05) is 48.3 Å². The molecule has 0 aliphatic carbocycles. The van der Waals surface area contributed by atoms with E-state index in [0.29, 0.717) is 21.3 Å². The Morgan fingerprint density at radius 2 is 1.89 bits per heavy atom. The van der Waals surface area contributed by atoms with Crippen molar-refractivity contribution in [2.24, 2.45) is 0 Å². The van der Waals surface area contributed by atoms with Crippen molar-refractivity contribution in [2.45, 2.75) is 32.4 Å². The summed E-state index contributed by atoms with van der Waals surface area (Å²) in [7, 11) is 0. The molecule has 4 aromatic rings. The summed E-state index contributed by atoms with van der Waals surface area (Å²) in [6.07, 6.45) is 2.66. The van der Waals surface area contributed by atoms with Gasteiger partial charge in [-0.2, -0.15) is 5.26 Å². The van der Waals surface area contributed by atoms with Crippen LogP contribution >= 0.6 is 24.2 Å². The second-order valence-corrected chi connectivity index (χ2v) is 9.48. The van der Waals surface area contributed by atoms with Crippen molar-refractivity contribution in [1.29, 1.82) is 5.26 Å². The normalized spacial score (nSPS) is 15.8. The first-order chi connectivity index (χ1) is 17.5. The maximum atomic E-state index is 12.8. The first-order valence-corrected chi connectivity index (χ1v) is 12.5. The first-order valence-electron chi connectivity index (χ1n) is 11.7. The van der Waals surface area contributed by atoms with Gasteiger partial charge in [-0.15, -0.1) is 12.6 Å². The molecule has 1 unspecified atom stereocenters. The predicted molar refractivity (Wildman–Crippen MR) is 144 cm³/mol. The van der Waals surface area contributed by atoms with Gasteiger partial charge in [0.25, 0.3) is 5.91 Å². The van der Waals surface area contributed by atoms with Gasteiger partial charge in [-0.3, -0.25) is 4.79 Å². The second kappa shape index (κ2) is 10.1. The molecular formula is C28H23ClN4O2S. The van der Waals surface area contributed by atoms with Gasteiger partial charge in [0.2, 0.25) is 0 Å². The summed E-state index contributed by atoms with van der Waals surface area (Å²) in [5.74, 6) is 0.142. The topological polar surface area (TPSA) is 82.2 Å². The molecule has 1 N–H and O–H groups in total. The Balaban J connectivity index is 1.59. The van der Waals surface area contributed by atoms with Crippen LogP contribution in [0.5, 0.6) is 0 Å². The maximum Gasteiger partial charge on any atom is 0.266 e. The maximum absolute atomic E-state index is 12.8. The van der Waals surface area contributed by atoms with Crippen molar-refractivity contribution in [3.8, 4) is 17.4 Å². The molecular weight excluding hydrogens is 492 g/mol. The average molecular weight is 515 g/mol. The zero-order valence-electron chi connectivity index (χ0n) is 19.5. The minimum Gasteiger partial charge on any atom is -0.355 e. The number of halogens is 1. The van der Waals surface area contributed by atoms with Gasteiger partial charge in [0.05, 0.1) is 10.4 Å². The molecule has 5 rings (SSSR count). The molecule has 1 amide bonds. The fourth-order valence-corrected chi connectivity index (χ4v) is 4.86. The van der Waals surface area contributed by atoms with Gasteiger partial charge in [0.15, 0.2) is 5.76 Å². The van der Waals surface area contributed by atoms with Crippen LogP contribution in [0.25, 0.3) is 22.2 Å². The monoisotopic (exact) mass is 514 g/mol. The molecule has 3 aromatic carbocycles. The third-order valence-corrected chi connectivity index (χ3v) is 6.96. The van der Waals surface area contributed by atoms with Crippen molar-refractivity contribution in [2.75, 3.05) is 4.90 Å². The Kier molecular flexibility index (Phi) is 6.73. The van der Waals surface area contributed by atoms with Crippen molar-refractivity contribution in [1.82, 2.24) is 10.5 Å². The van der Waals surface area contributed by atoms with Gasteiger partial charge in [0.1, 0.15) is 23.3 Å². The number of hydrogen-bond donors (Lipinski definition) is 2. The van der Waals surface area contributed by atoms with Crippen LogP contribution in [0.3, 0.4) is 0 Å². The molecule has 0 fully saturated rings. The highest BCUT2D eigenvalue weighted by Crippen LogP contribution is 2.38. The number of aryl methyl sites for hydroxylation is 1. The van der Waals surface area contributed by atoms with E-state index in [4.69, 9.17) is 16.1 Å². The Morgan fingerprint density at radius 3 is 2.58 bits per heavy atom. The number of nitrogens with zero attached hydrogens (tertiary/aromatic N) is 3. The predicted octanol–water partition coefficient (Wildman–Crippen LogP) is 6.79. The number of amides is 1. The van der Waals surface area contributed by atoms with Crippen molar-refractivity contribution < 1.29 is 9.32 Å². The molecule has 36 heavy (non-hydrogen) atoms. The summed E-state index contributed by atoms with van der Waals surface area (Å²) in [5, 5.41) is 18.5. The van der Waals surface area contributed by atoms with Crippen molar-refractivity contribution in [3.63, 3.8) is 0 Å². The van der Waals surface area contributed by atoms with Crippen LogP contribution < -0.4 is 10.2 Å².